The van der Waals surface area contributed by atoms with Gasteiger partial charge in [0.1, 0.15) is 0 Å². The quantitative estimate of drug-likeness (QED) is 0.723. The molecule has 1 fully saturated rings. The van der Waals surface area contributed by atoms with Crippen LogP contribution in [0.4, 0.5) is 0 Å². The van der Waals surface area contributed by atoms with Gasteiger partial charge in [-0.15, -0.1) is 0 Å². The molecule has 0 aromatic heterocycles. The number of Topliss-reactive ketones (excluding diaryl/α,β-unsaturated/α-hetero) is 1. The molecule has 1 aliphatic heterocycles. The topological polar surface area (TPSA) is 29.1 Å². The van der Waals surface area contributed by atoms with Gasteiger partial charge in [0.2, 0.25) is 0 Å². The molecule has 2 atom stereocenters. The minimum Gasteiger partial charge on any atom is -0.307 e. The fourth-order valence-corrected chi connectivity index (χ4v) is 2.11. The van der Waals surface area contributed by atoms with Crippen molar-refractivity contribution in [1.82, 2.24) is 5.32 Å². The van der Waals surface area contributed by atoms with Gasteiger partial charge in [0, 0.05) is 5.92 Å². The number of nitrogens with one attached hydrogen (secondary N) is 1. The van der Waals surface area contributed by atoms with E-state index in [4.69, 9.17) is 0 Å². The van der Waals surface area contributed by atoms with Crippen LogP contribution in [0, 0.1) is 17.8 Å². The summed E-state index contributed by atoms with van der Waals surface area (Å²) in [5.74, 6) is 1.71. The summed E-state index contributed by atoms with van der Waals surface area (Å²) in [5.41, 5.74) is 0. The first-order valence-corrected chi connectivity index (χ1v) is 5.31. The minimum absolute atomic E-state index is 0.125. The summed E-state index contributed by atoms with van der Waals surface area (Å²) < 4.78 is 0. The van der Waals surface area contributed by atoms with Crippen LogP contribution in [0.15, 0.2) is 0 Å². The van der Waals surface area contributed by atoms with E-state index in [1.54, 1.807) is 0 Å². The van der Waals surface area contributed by atoms with Crippen LogP contribution in [0.25, 0.3) is 0 Å². The summed E-state index contributed by atoms with van der Waals surface area (Å²) in [6, 6.07) is 0.125. The molecule has 0 bridgehead atoms. The fraction of sp³-hybridized carbons (Fsp3) is 0.909. The van der Waals surface area contributed by atoms with Crippen LogP contribution in [0.3, 0.4) is 0 Å². The van der Waals surface area contributed by atoms with Crippen molar-refractivity contribution in [3.8, 4) is 0 Å². The Morgan fingerprint density at radius 2 is 1.92 bits per heavy atom. The van der Waals surface area contributed by atoms with E-state index < -0.39 is 0 Å². The minimum atomic E-state index is 0.125. The van der Waals surface area contributed by atoms with E-state index in [2.05, 4.69) is 19.2 Å². The number of carbonyl (C=O) groups is 1. The van der Waals surface area contributed by atoms with E-state index in [1.165, 1.54) is 0 Å². The summed E-state index contributed by atoms with van der Waals surface area (Å²) in [6.07, 6.45) is 1.15. The molecule has 2 nitrogen and oxygen atoms in total. The highest BCUT2D eigenvalue weighted by atomic mass is 16.1. The Balaban J connectivity index is 2.63. The van der Waals surface area contributed by atoms with Crippen molar-refractivity contribution in [1.29, 1.82) is 0 Å². The highest BCUT2D eigenvalue weighted by Crippen LogP contribution is 2.25. The van der Waals surface area contributed by atoms with Gasteiger partial charge in [-0.05, 0) is 24.8 Å². The van der Waals surface area contributed by atoms with Gasteiger partial charge in [-0.3, -0.25) is 4.79 Å². The monoisotopic (exact) mass is 183 g/mol. The van der Waals surface area contributed by atoms with Crippen molar-refractivity contribution in [3.05, 3.63) is 0 Å². The van der Waals surface area contributed by atoms with Crippen LogP contribution >= 0.6 is 0 Å². The molecule has 1 aliphatic rings. The van der Waals surface area contributed by atoms with Gasteiger partial charge in [-0.25, -0.2) is 0 Å². The molecular weight excluding hydrogens is 162 g/mol. The van der Waals surface area contributed by atoms with Gasteiger partial charge in [0.05, 0.1) is 6.04 Å². The largest absolute Gasteiger partial charge is 0.307 e. The van der Waals surface area contributed by atoms with E-state index >= 15 is 0 Å². The average molecular weight is 183 g/mol. The molecule has 0 spiro atoms. The van der Waals surface area contributed by atoms with Crippen molar-refractivity contribution in [3.63, 3.8) is 0 Å². The standard InChI is InChI=1S/C11H21NO/c1-7(2)9-5-6-12-10(9)11(13)8(3)4/h7-10,12H,5-6H2,1-4H3. The van der Waals surface area contributed by atoms with Gasteiger partial charge in [-0.1, -0.05) is 27.7 Å². The van der Waals surface area contributed by atoms with Crippen molar-refractivity contribution < 1.29 is 4.79 Å². The van der Waals surface area contributed by atoms with E-state index in [0.717, 1.165) is 13.0 Å². The number of hydrogen-bond donors (Lipinski definition) is 1. The second-order valence-electron chi connectivity index (χ2n) is 4.69. The first-order valence-electron chi connectivity index (χ1n) is 5.31. The van der Waals surface area contributed by atoms with Crippen molar-refractivity contribution in [2.45, 2.75) is 40.2 Å². The zero-order chi connectivity index (χ0) is 10.0. The van der Waals surface area contributed by atoms with Crippen LogP contribution in [-0.2, 0) is 4.79 Å². The third-order valence-electron chi connectivity index (χ3n) is 3.00. The van der Waals surface area contributed by atoms with E-state index in [-0.39, 0.29) is 12.0 Å². The molecule has 1 N–H and O–H groups in total. The van der Waals surface area contributed by atoms with Gasteiger partial charge in [-0.2, -0.15) is 0 Å². The molecule has 2 heteroatoms. The molecule has 0 aromatic carbocycles. The van der Waals surface area contributed by atoms with Crippen molar-refractivity contribution in [2.24, 2.45) is 17.8 Å². The predicted octanol–water partition coefficient (Wildman–Crippen LogP) is 1.85. The van der Waals surface area contributed by atoms with Gasteiger partial charge < -0.3 is 5.32 Å². The maximum Gasteiger partial charge on any atom is 0.152 e. The molecule has 1 saturated heterocycles. The Morgan fingerprint density at radius 3 is 2.38 bits per heavy atom. The van der Waals surface area contributed by atoms with Crippen molar-refractivity contribution in [2.75, 3.05) is 6.54 Å². The van der Waals surface area contributed by atoms with Crippen molar-refractivity contribution >= 4 is 5.78 Å². The highest BCUT2D eigenvalue weighted by Gasteiger charge is 2.34. The maximum atomic E-state index is 11.8. The molecule has 13 heavy (non-hydrogen) atoms. The lowest BCUT2D eigenvalue weighted by atomic mass is 9.84. The first kappa shape index (κ1) is 10.7. The molecular formula is C11H21NO. The molecule has 76 valence electrons. The smallest absolute Gasteiger partial charge is 0.152 e. The van der Waals surface area contributed by atoms with Crippen LogP contribution < -0.4 is 5.32 Å². The summed E-state index contributed by atoms with van der Waals surface area (Å²) >= 11 is 0. The zero-order valence-electron chi connectivity index (χ0n) is 9.13. The first-order chi connectivity index (χ1) is 6.04. The summed E-state index contributed by atoms with van der Waals surface area (Å²) in [5, 5.41) is 3.32. The predicted molar refractivity (Wildman–Crippen MR) is 54.6 cm³/mol. The third-order valence-corrected chi connectivity index (χ3v) is 3.00. The fourth-order valence-electron chi connectivity index (χ4n) is 2.11. The molecule has 0 amide bonds. The molecule has 0 saturated carbocycles. The Kier molecular flexibility index (Phi) is 3.48. The van der Waals surface area contributed by atoms with Gasteiger partial charge >= 0.3 is 0 Å². The highest BCUT2D eigenvalue weighted by molar-refractivity contribution is 5.86. The Labute approximate surface area is 81.1 Å². The van der Waals surface area contributed by atoms with Crippen LogP contribution in [-0.4, -0.2) is 18.4 Å². The van der Waals surface area contributed by atoms with E-state index in [9.17, 15) is 4.79 Å². The van der Waals surface area contributed by atoms with Crippen LogP contribution in [0.2, 0.25) is 0 Å². The molecule has 1 heterocycles. The summed E-state index contributed by atoms with van der Waals surface area (Å²) in [6.45, 7) is 9.39. The van der Waals surface area contributed by atoms with E-state index in [1.807, 2.05) is 13.8 Å². The normalized spacial score (nSPS) is 28.8. The lowest BCUT2D eigenvalue weighted by Crippen LogP contribution is -2.39. The second-order valence-corrected chi connectivity index (χ2v) is 4.69. The SMILES string of the molecule is CC(C)C(=O)C1NCCC1C(C)C. The second kappa shape index (κ2) is 4.23. The average Bonchev–Trinajstić information content (AvgIpc) is 2.50. The van der Waals surface area contributed by atoms with Crippen LogP contribution in [0.5, 0.6) is 0 Å². The lowest BCUT2D eigenvalue weighted by molar-refractivity contribution is -0.124. The summed E-state index contributed by atoms with van der Waals surface area (Å²) in [4.78, 5) is 11.8. The number of rotatable bonds is 3. The Morgan fingerprint density at radius 1 is 1.31 bits per heavy atom. The molecule has 0 aliphatic carbocycles. The maximum absolute atomic E-state index is 11.8. The lowest BCUT2D eigenvalue weighted by Gasteiger charge is -2.23. The number of carbonyl (C=O) groups excluding carboxylic acids is 1. The zero-order valence-corrected chi connectivity index (χ0v) is 9.13. The summed E-state index contributed by atoms with van der Waals surface area (Å²) in [7, 11) is 0. The molecule has 2 unspecified atom stereocenters. The van der Waals surface area contributed by atoms with Crippen LogP contribution in [0.1, 0.15) is 34.1 Å². The van der Waals surface area contributed by atoms with Gasteiger partial charge in [0.15, 0.2) is 5.78 Å². The number of hydrogen-bond acceptors (Lipinski definition) is 2. The molecule has 1 rings (SSSR count). The Bertz CT molecular complexity index is 187. The van der Waals surface area contributed by atoms with Gasteiger partial charge in [0.25, 0.3) is 0 Å². The number of ketones is 1. The molecule has 0 aromatic rings. The molecule has 0 radical (unpaired) electrons. The van der Waals surface area contributed by atoms with E-state index in [0.29, 0.717) is 17.6 Å². The Hall–Kier alpha value is -0.370. The third kappa shape index (κ3) is 2.31.